The lowest BCUT2D eigenvalue weighted by Crippen LogP contribution is -2.38. The van der Waals surface area contributed by atoms with Crippen LogP contribution in [0.3, 0.4) is 0 Å². The molecular weight excluding hydrogens is 422 g/mol. The van der Waals surface area contributed by atoms with Gasteiger partial charge in [-0.05, 0) is 30.7 Å². The van der Waals surface area contributed by atoms with Crippen LogP contribution in [0, 0.1) is 0 Å². The van der Waals surface area contributed by atoms with Gasteiger partial charge in [-0.3, -0.25) is 14.3 Å². The molecule has 1 fully saturated rings. The molecule has 0 bridgehead atoms. The third kappa shape index (κ3) is 4.39. The first-order valence-electron chi connectivity index (χ1n) is 9.45. The maximum atomic E-state index is 12.7. The summed E-state index contributed by atoms with van der Waals surface area (Å²) in [5, 5.41) is 9.24. The quantitative estimate of drug-likeness (QED) is 0.538. The predicted molar refractivity (Wildman–Crippen MR) is 115 cm³/mol. The van der Waals surface area contributed by atoms with Crippen LogP contribution in [0.25, 0.3) is 17.1 Å². The molecule has 3 aromatic rings. The third-order valence-electron chi connectivity index (χ3n) is 5.06. The lowest BCUT2D eigenvalue weighted by molar-refractivity contribution is -0.128. The van der Waals surface area contributed by atoms with Crippen LogP contribution in [0.5, 0.6) is 0 Å². The van der Waals surface area contributed by atoms with E-state index in [1.807, 2.05) is 47.0 Å². The second-order valence-electron chi connectivity index (χ2n) is 7.06. The van der Waals surface area contributed by atoms with E-state index in [2.05, 4.69) is 15.2 Å². The Kier molecular flexibility index (Phi) is 5.87. The number of nitrogens with zero attached hydrogens (tertiary/aromatic N) is 5. The molecule has 0 saturated carbocycles. The van der Waals surface area contributed by atoms with E-state index in [4.69, 9.17) is 0 Å². The van der Waals surface area contributed by atoms with Crippen LogP contribution in [-0.2, 0) is 14.6 Å². The molecule has 0 N–H and O–H groups in total. The summed E-state index contributed by atoms with van der Waals surface area (Å²) in [6, 6.07) is 13.2. The van der Waals surface area contributed by atoms with E-state index < -0.39 is 9.84 Å². The van der Waals surface area contributed by atoms with Crippen molar-refractivity contribution in [1.82, 2.24) is 24.6 Å². The van der Waals surface area contributed by atoms with Crippen molar-refractivity contribution in [2.24, 2.45) is 0 Å². The number of para-hydroxylation sites is 1. The molecule has 1 aliphatic rings. The normalized spacial score (nSPS) is 17.7. The van der Waals surface area contributed by atoms with Crippen molar-refractivity contribution in [1.29, 1.82) is 0 Å². The Hall–Kier alpha value is -2.72. The van der Waals surface area contributed by atoms with Gasteiger partial charge in [-0.1, -0.05) is 30.0 Å². The zero-order chi connectivity index (χ0) is 21.1. The lowest BCUT2D eigenvalue weighted by atomic mass is 10.2. The number of carbonyl (C=O) groups is 1. The fourth-order valence-electron chi connectivity index (χ4n) is 3.37. The van der Waals surface area contributed by atoms with Crippen molar-refractivity contribution in [2.75, 3.05) is 24.3 Å². The van der Waals surface area contributed by atoms with Crippen LogP contribution in [0.1, 0.15) is 6.42 Å². The Morgan fingerprint density at radius 3 is 2.57 bits per heavy atom. The largest absolute Gasteiger partial charge is 0.341 e. The van der Waals surface area contributed by atoms with E-state index in [1.54, 1.807) is 24.3 Å². The molecule has 0 aliphatic carbocycles. The molecule has 2 aromatic heterocycles. The van der Waals surface area contributed by atoms with Crippen LogP contribution in [0.4, 0.5) is 0 Å². The number of aromatic nitrogens is 4. The molecule has 1 saturated heterocycles. The van der Waals surface area contributed by atoms with Crippen LogP contribution in [0.2, 0.25) is 0 Å². The maximum Gasteiger partial charge on any atom is 0.233 e. The van der Waals surface area contributed by atoms with Crippen LogP contribution >= 0.6 is 11.8 Å². The van der Waals surface area contributed by atoms with Gasteiger partial charge in [-0.25, -0.2) is 8.42 Å². The van der Waals surface area contributed by atoms with Crippen LogP contribution in [-0.4, -0.2) is 69.3 Å². The maximum absolute atomic E-state index is 12.7. The highest BCUT2D eigenvalue weighted by Gasteiger charge is 2.32. The second kappa shape index (κ2) is 8.57. The van der Waals surface area contributed by atoms with Gasteiger partial charge in [0.25, 0.3) is 0 Å². The predicted octanol–water partition coefficient (Wildman–Crippen LogP) is 2.07. The fraction of sp³-hybridized carbons (Fsp3) is 0.300. The molecule has 4 rings (SSSR count). The molecule has 30 heavy (non-hydrogen) atoms. The highest BCUT2D eigenvalue weighted by molar-refractivity contribution is 7.99. The Morgan fingerprint density at radius 1 is 1.17 bits per heavy atom. The lowest BCUT2D eigenvalue weighted by Gasteiger charge is -2.23. The Labute approximate surface area is 179 Å². The minimum atomic E-state index is -3.04. The second-order valence-corrected chi connectivity index (χ2v) is 10.2. The molecule has 8 nitrogen and oxygen atoms in total. The molecule has 1 amide bonds. The Morgan fingerprint density at radius 2 is 1.90 bits per heavy atom. The van der Waals surface area contributed by atoms with E-state index in [9.17, 15) is 13.2 Å². The number of pyridine rings is 1. The molecule has 1 aliphatic heterocycles. The molecular formula is C20H21N5O3S2. The van der Waals surface area contributed by atoms with E-state index in [1.165, 1.54) is 11.8 Å². The van der Waals surface area contributed by atoms with Crippen LogP contribution < -0.4 is 0 Å². The topological polar surface area (TPSA) is 98.1 Å². The molecule has 1 atom stereocenters. The molecule has 10 heteroatoms. The molecule has 3 heterocycles. The highest BCUT2D eigenvalue weighted by Crippen LogP contribution is 2.28. The number of amides is 1. The molecule has 1 aromatic carbocycles. The monoisotopic (exact) mass is 443 g/mol. The average molecular weight is 444 g/mol. The number of hydrogen-bond acceptors (Lipinski definition) is 7. The van der Waals surface area contributed by atoms with E-state index in [0.717, 1.165) is 11.3 Å². The summed E-state index contributed by atoms with van der Waals surface area (Å²) < 4.78 is 25.3. The van der Waals surface area contributed by atoms with Gasteiger partial charge < -0.3 is 4.90 Å². The number of sulfone groups is 1. The van der Waals surface area contributed by atoms with Crippen molar-refractivity contribution in [3.05, 3.63) is 54.9 Å². The van der Waals surface area contributed by atoms with Gasteiger partial charge in [0.1, 0.15) is 0 Å². The Balaban J connectivity index is 1.56. The summed E-state index contributed by atoms with van der Waals surface area (Å²) in [6.07, 6.45) is 3.88. The summed E-state index contributed by atoms with van der Waals surface area (Å²) in [5.41, 5.74) is 1.76. The number of benzene rings is 1. The summed E-state index contributed by atoms with van der Waals surface area (Å²) in [5.74, 6) is 0.852. The summed E-state index contributed by atoms with van der Waals surface area (Å²) >= 11 is 1.29. The van der Waals surface area contributed by atoms with E-state index in [0.29, 0.717) is 17.4 Å². The number of hydrogen-bond donors (Lipinski definition) is 0. The van der Waals surface area contributed by atoms with Gasteiger partial charge in [-0.2, -0.15) is 0 Å². The number of carbonyl (C=O) groups excluding carboxylic acids is 1. The zero-order valence-electron chi connectivity index (χ0n) is 16.4. The standard InChI is InChI=1S/C20H21N5O3S2/c1-24(17-9-12-30(27,28)14-17)18(26)13-29-20-23-22-19(15-7-10-21-11-8-15)25(20)16-5-3-2-4-6-16/h2-8,10-11,17H,9,12-14H2,1H3/t17-/m0/s1. The minimum Gasteiger partial charge on any atom is -0.341 e. The van der Waals surface area contributed by atoms with Gasteiger partial charge in [0, 0.05) is 36.7 Å². The van der Waals surface area contributed by atoms with Crippen molar-refractivity contribution in [3.63, 3.8) is 0 Å². The van der Waals surface area contributed by atoms with Gasteiger partial charge in [0.05, 0.1) is 17.3 Å². The number of thioether (sulfide) groups is 1. The van der Waals surface area contributed by atoms with Gasteiger partial charge >= 0.3 is 0 Å². The van der Waals surface area contributed by atoms with Gasteiger partial charge in [0.2, 0.25) is 5.91 Å². The first-order chi connectivity index (χ1) is 14.4. The minimum absolute atomic E-state index is 0.0340. The molecule has 0 radical (unpaired) electrons. The van der Waals surface area contributed by atoms with E-state index >= 15 is 0 Å². The molecule has 0 spiro atoms. The van der Waals surface area contributed by atoms with Crippen molar-refractivity contribution >= 4 is 27.5 Å². The van der Waals surface area contributed by atoms with Gasteiger partial charge in [-0.15, -0.1) is 10.2 Å². The summed E-state index contributed by atoms with van der Waals surface area (Å²) in [4.78, 5) is 18.3. The van der Waals surface area contributed by atoms with Crippen LogP contribution in [0.15, 0.2) is 60.0 Å². The summed E-state index contributed by atoms with van der Waals surface area (Å²) in [6.45, 7) is 0. The number of rotatable bonds is 6. The van der Waals surface area contributed by atoms with Crippen molar-refractivity contribution < 1.29 is 13.2 Å². The van der Waals surface area contributed by atoms with Crippen molar-refractivity contribution in [3.8, 4) is 17.1 Å². The highest BCUT2D eigenvalue weighted by atomic mass is 32.2. The first-order valence-corrected chi connectivity index (χ1v) is 12.3. The van der Waals surface area contributed by atoms with E-state index in [-0.39, 0.29) is 29.2 Å². The van der Waals surface area contributed by atoms with Gasteiger partial charge in [0.15, 0.2) is 20.8 Å². The zero-order valence-corrected chi connectivity index (χ0v) is 18.0. The molecule has 156 valence electrons. The fourth-order valence-corrected chi connectivity index (χ4v) is 6.02. The molecule has 0 unspecified atom stereocenters. The first kappa shape index (κ1) is 20.5. The van der Waals surface area contributed by atoms with Crippen molar-refractivity contribution in [2.45, 2.75) is 17.6 Å². The Bertz CT molecular complexity index is 1130. The average Bonchev–Trinajstić information content (AvgIpc) is 3.35. The summed E-state index contributed by atoms with van der Waals surface area (Å²) in [7, 11) is -1.38. The smallest absolute Gasteiger partial charge is 0.233 e. The SMILES string of the molecule is CN(C(=O)CSc1nnc(-c2ccncc2)n1-c1ccccc1)[C@H]1CCS(=O)(=O)C1. The third-order valence-corrected chi connectivity index (χ3v) is 7.72.